The molecule has 2 aromatic heterocycles. The highest BCUT2D eigenvalue weighted by molar-refractivity contribution is 7.65. The minimum atomic E-state index is -0.240. The Labute approximate surface area is 198 Å². The molecule has 1 saturated heterocycles. The van der Waals surface area contributed by atoms with Crippen molar-refractivity contribution in [2.24, 2.45) is 5.90 Å². The van der Waals surface area contributed by atoms with Crippen LogP contribution in [-0.2, 0) is 4.84 Å². The van der Waals surface area contributed by atoms with E-state index in [1.165, 1.54) is 5.30 Å². The van der Waals surface area contributed by atoms with Gasteiger partial charge in [0.1, 0.15) is 5.75 Å². The van der Waals surface area contributed by atoms with E-state index in [4.69, 9.17) is 32.1 Å². The zero-order chi connectivity index (χ0) is 22.8. The second-order valence-electron chi connectivity index (χ2n) is 7.97. The van der Waals surface area contributed by atoms with Crippen LogP contribution in [0.2, 0.25) is 5.02 Å². The number of benzene rings is 2. The fourth-order valence-corrected chi connectivity index (χ4v) is 6.95. The third-order valence-corrected chi connectivity index (χ3v) is 8.90. The summed E-state index contributed by atoms with van der Waals surface area (Å²) in [5.41, 5.74) is 3.44. The second kappa shape index (κ2) is 9.65. The number of hydrogen-bond acceptors (Lipinski definition) is 6. The van der Waals surface area contributed by atoms with E-state index in [9.17, 15) is 0 Å². The number of methoxy groups -OCH3 is 1. The SMILES string of the molecule is COc1cc(P2CCC(ON)CC2)ccc1Nc1ncc(Cl)c(-c2c[nH]c3ccccc23)n1. The topological polar surface area (TPSA) is 98.1 Å². The summed E-state index contributed by atoms with van der Waals surface area (Å²) in [6.07, 6.45) is 7.95. The van der Waals surface area contributed by atoms with Crippen LogP contribution in [0.1, 0.15) is 12.8 Å². The van der Waals surface area contributed by atoms with Gasteiger partial charge in [-0.15, -0.1) is 0 Å². The summed E-state index contributed by atoms with van der Waals surface area (Å²) in [4.78, 5) is 17.4. The molecule has 1 fully saturated rings. The summed E-state index contributed by atoms with van der Waals surface area (Å²) in [6.45, 7) is 0. The maximum atomic E-state index is 6.47. The molecular weight excluding hydrogens is 457 g/mol. The first-order valence-corrected chi connectivity index (χ1v) is 12.9. The van der Waals surface area contributed by atoms with Crippen molar-refractivity contribution in [3.63, 3.8) is 0 Å². The van der Waals surface area contributed by atoms with E-state index in [1.54, 1.807) is 13.3 Å². The number of para-hydroxylation sites is 1. The van der Waals surface area contributed by atoms with Gasteiger partial charge in [0, 0.05) is 22.7 Å². The van der Waals surface area contributed by atoms with Gasteiger partial charge in [-0.1, -0.05) is 43.8 Å². The zero-order valence-corrected chi connectivity index (χ0v) is 19.9. The minimum Gasteiger partial charge on any atom is -0.495 e. The molecule has 0 amide bonds. The molecule has 4 aromatic rings. The van der Waals surface area contributed by atoms with Gasteiger partial charge < -0.3 is 19.9 Å². The van der Waals surface area contributed by atoms with Crippen LogP contribution in [-0.4, -0.2) is 40.5 Å². The number of nitrogens with two attached hydrogens (primary N) is 1. The molecule has 3 heterocycles. The summed E-state index contributed by atoms with van der Waals surface area (Å²) >= 11 is 6.47. The Bertz CT molecular complexity index is 1270. The van der Waals surface area contributed by atoms with Gasteiger partial charge in [0.2, 0.25) is 5.95 Å². The predicted octanol–water partition coefficient (Wildman–Crippen LogP) is 5.19. The Hall–Kier alpha value is -2.70. The zero-order valence-electron chi connectivity index (χ0n) is 18.2. The molecule has 0 spiro atoms. The van der Waals surface area contributed by atoms with Crippen LogP contribution in [0.4, 0.5) is 11.6 Å². The molecule has 2 aromatic carbocycles. The molecule has 0 bridgehead atoms. The van der Waals surface area contributed by atoms with E-state index >= 15 is 0 Å². The van der Waals surface area contributed by atoms with E-state index in [0.717, 1.165) is 53.1 Å². The molecule has 0 unspecified atom stereocenters. The van der Waals surface area contributed by atoms with Crippen LogP contribution in [0.5, 0.6) is 5.75 Å². The molecule has 1 aliphatic heterocycles. The molecule has 4 N–H and O–H groups in total. The quantitative estimate of drug-likeness (QED) is 0.259. The largest absolute Gasteiger partial charge is 0.495 e. The van der Waals surface area contributed by atoms with Crippen molar-refractivity contribution in [1.29, 1.82) is 0 Å². The summed E-state index contributed by atoms with van der Waals surface area (Å²) in [5, 5.41) is 6.17. The lowest BCUT2D eigenvalue weighted by Crippen LogP contribution is -2.25. The third kappa shape index (κ3) is 4.55. The first-order chi connectivity index (χ1) is 16.2. The van der Waals surface area contributed by atoms with E-state index in [0.29, 0.717) is 16.7 Å². The van der Waals surface area contributed by atoms with Gasteiger partial charge in [0.05, 0.1) is 35.8 Å². The smallest absolute Gasteiger partial charge is 0.227 e. The minimum absolute atomic E-state index is 0.181. The molecule has 5 rings (SSSR count). The number of nitrogens with one attached hydrogen (secondary N) is 2. The number of aromatic nitrogens is 3. The number of anilines is 2. The fourth-order valence-electron chi connectivity index (χ4n) is 4.23. The van der Waals surface area contributed by atoms with Crippen molar-refractivity contribution in [2.45, 2.75) is 18.9 Å². The van der Waals surface area contributed by atoms with Crippen molar-refractivity contribution in [3.8, 4) is 17.0 Å². The second-order valence-corrected chi connectivity index (χ2v) is 10.9. The number of fused-ring (bicyclic) bond motifs is 1. The summed E-state index contributed by atoms with van der Waals surface area (Å²) in [7, 11) is 1.44. The number of rotatable bonds is 6. The van der Waals surface area contributed by atoms with E-state index in [2.05, 4.69) is 27.4 Å². The van der Waals surface area contributed by atoms with Gasteiger partial charge in [0.15, 0.2) is 0 Å². The van der Waals surface area contributed by atoms with Gasteiger partial charge in [0.25, 0.3) is 0 Å². The molecular formula is C24H25ClN5O2P. The lowest BCUT2D eigenvalue weighted by molar-refractivity contribution is 0.0474. The Morgan fingerprint density at radius 2 is 2.00 bits per heavy atom. The number of halogens is 1. The number of nitrogens with zero attached hydrogens (tertiary/aromatic N) is 2. The highest BCUT2D eigenvalue weighted by Crippen LogP contribution is 2.43. The fraction of sp³-hybridized carbons (Fsp3) is 0.250. The first-order valence-electron chi connectivity index (χ1n) is 10.8. The molecule has 0 atom stereocenters. The molecule has 0 radical (unpaired) electrons. The van der Waals surface area contributed by atoms with Crippen LogP contribution in [0.15, 0.2) is 54.9 Å². The summed E-state index contributed by atoms with van der Waals surface area (Å²) < 4.78 is 5.69. The highest BCUT2D eigenvalue weighted by Gasteiger charge is 2.23. The molecule has 9 heteroatoms. The molecule has 0 aliphatic carbocycles. The Balaban J connectivity index is 1.41. The van der Waals surface area contributed by atoms with Gasteiger partial charge in [-0.05, 0) is 48.7 Å². The Morgan fingerprint density at radius 1 is 1.18 bits per heavy atom. The van der Waals surface area contributed by atoms with E-state index in [1.807, 2.05) is 36.5 Å². The van der Waals surface area contributed by atoms with Crippen molar-refractivity contribution in [2.75, 3.05) is 24.8 Å². The molecule has 0 saturated carbocycles. The summed E-state index contributed by atoms with van der Waals surface area (Å²) in [6, 6.07) is 14.4. The van der Waals surface area contributed by atoms with Crippen LogP contribution >= 0.6 is 19.5 Å². The number of aromatic amines is 1. The van der Waals surface area contributed by atoms with Gasteiger partial charge in [-0.2, -0.15) is 0 Å². The lowest BCUT2D eigenvalue weighted by Gasteiger charge is -2.28. The van der Waals surface area contributed by atoms with Crippen molar-refractivity contribution >= 4 is 47.4 Å². The maximum absolute atomic E-state index is 6.47. The van der Waals surface area contributed by atoms with Crippen molar-refractivity contribution in [1.82, 2.24) is 15.0 Å². The van der Waals surface area contributed by atoms with Gasteiger partial charge >= 0.3 is 0 Å². The monoisotopic (exact) mass is 481 g/mol. The first kappa shape index (κ1) is 22.1. The molecule has 7 nitrogen and oxygen atoms in total. The standard InChI is InChI=1S/C24H25ClN5O2P/c1-31-22-12-16(33-10-8-15(32-26)9-11-33)6-7-21(22)29-24-28-14-19(25)23(30-24)18-13-27-20-5-3-2-4-17(18)20/h2-7,12-15,27H,8-11,26H2,1H3,(H,28,29,30). The average Bonchev–Trinajstić information content (AvgIpc) is 3.29. The number of hydrogen-bond donors (Lipinski definition) is 3. The number of ether oxygens (including phenoxy) is 1. The van der Waals surface area contributed by atoms with Gasteiger partial charge in [-0.3, -0.25) is 0 Å². The third-order valence-electron chi connectivity index (χ3n) is 6.02. The Morgan fingerprint density at radius 3 is 2.79 bits per heavy atom. The average molecular weight is 482 g/mol. The van der Waals surface area contributed by atoms with Crippen molar-refractivity contribution < 1.29 is 9.57 Å². The van der Waals surface area contributed by atoms with Gasteiger partial charge in [-0.25, -0.2) is 15.9 Å². The lowest BCUT2D eigenvalue weighted by atomic mass is 10.1. The van der Waals surface area contributed by atoms with E-state index < -0.39 is 0 Å². The molecule has 1 aliphatic rings. The molecule has 33 heavy (non-hydrogen) atoms. The summed E-state index contributed by atoms with van der Waals surface area (Å²) in [5.74, 6) is 6.58. The van der Waals surface area contributed by atoms with Crippen LogP contribution in [0.3, 0.4) is 0 Å². The van der Waals surface area contributed by atoms with Crippen LogP contribution < -0.4 is 21.3 Å². The Kier molecular flexibility index (Phi) is 6.47. The van der Waals surface area contributed by atoms with E-state index in [-0.39, 0.29) is 14.0 Å². The molecule has 170 valence electrons. The maximum Gasteiger partial charge on any atom is 0.227 e. The van der Waals surface area contributed by atoms with Crippen molar-refractivity contribution in [3.05, 3.63) is 59.9 Å². The normalized spacial score (nSPS) is 18.4. The van der Waals surface area contributed by atoms with Crippen LogP contribution in [0, 0.1) is 0 Å². The van der Waals surface area contributed by atoms with Crippen LogP contribution in [0.25, 0.3) is 22.2 Å². The number of H-pyrrole nitrogens is 1. The highest BCUT2D eigenvalue weighted by atomic mass is 35.5. The predicted molar refractivity (Wildman–Crippen MR) is 135 cm³/mol.